The number of methoxy groups -OCH3 is 2. The van der Waals surface area contributed by atoms with Crippen molar-refractivity contribution in [1.29, 1.82) is 0 Å². The summed E-state index contributed by atoms with van der Waals surface area (Å²) in [5, 5.41) is 3.86. The third-order valence-electron chi connectivity index (χ3n) is 5.72. The first-order valence-corrected chi connectivity index (χ1v) is 13.0. The van der Waals surface area contributed by atoms with E-state index in [9.17, 15) is 13.2 Å². The number of aromatic nitrogens is 1. The van der Waals surface area contributed by atoms with E-state index in [1.165, 1.54) is 0 Å². The minimum absolute atomic E-state index is 0.0316. The highest BCUT2D eigenvalue weighted by Crippen LogP contribution is 2.40. The summed E-state index contributed by atoms with van der Waals surface area (Å²) >= 11 is 0. The van der Waals surface area contributed by atoms with Crippen molar-refractivity contribution in [2.75, 3.05) is 32.3 Å². The van der Waals surface area contributed by atoms with Gasteiger partial charge in [0.05, 0.1) is 20.0 Å². The molecule has 178 valence electrons. The highest BCUT2D eigenvalue weighted by molar-refractivity contribution is 7.92. The third-order valence-corrected chi connectivity index (χ3v) is 7.33. The molecule has 3 rings (SSSR count). The predicted octanol–water partition coefficient (Wildman–Crippen LogP) is 4.04. The Hall–Kier alpha value is -3.00. The number of benzene rings is 2. The Morgan fingerprint density at radius 2 is 1.82 bits per heavy atom. The second-order valence-electron chi connectivity index (χ2n) is 8.03. The zero-order valence-electron chi connectivity index (χ0n) is 19.4. The molecule has 1 unspecified atom stereocenters. The maximum atomic E-state index is 12.6. The van der Waals surface area contributed by atoms with E-state index in [4.69, 9.17) is 9.47 Å². The number of hydrogen-bond donors (Lipinski definition) is 2. The number of sulfone groups is 1. The number of nitrogens with one attached hydrogen (secondary N) is 2. The Kier molecular flexibility index (Phi) is 8.38. The molecule has 1 aromatic heterocycles. The standard InChI is InChI=1S/C25H32N2O5S/c1-4-5-8-14-33(29,30)17-24(28)27-16-21(19-11-9-13-23(31-2)25(19)32-3)20-15-26-22-12-7-6-10-18(20)22/h6-7,9-13,15,21,26H,4-5,8,14,16-17H2,1-3H3,(H,27,28). The van der Waals surface area contributed by atoms with Gasteiger partial charge in [-0.15, -0.1) is 0 Å². The number of H-pyrrole nitrogens is 1. The fraction of sp³-hybridized carbons (Fsp3) is 0.400. The molecule has 0 bridgehead atoms. The summed E-state index contributed by atoms with van der Waals surface area (Å²) in [5.74, 6) is -0.0892. The van der Waals surface area contributed by atoms with Crippen LogP contribution in [-0.2, 0) is 14.6 Å². The van der Waals surface area contributed by atoms with E-state index in [-0.39, 0.29) is 18.2 Å². The molecule has 2 aromatic carbocycles. The lowest BCUT2D eigenvalue weighted by atomic mass is 9.90. The zero-order chi connectivity index (χ0) is 23.8. The van der Waals surface area contributed by atoms with Gasteiger partial charge >= 0.3 is 0 Å². The average molecular weight is 473 g/mol. The number of unbranched alkanes of at least 4 members (excludes halogenated alkanes) is 2. The number of fused-ring (bicyclic) bond motifs is 1. The Balaban J connectivity index is 1.89. The summed E-state index contributed by atoms with van der Waals surface area (Å²) in [6.45, 7) is 2.23. The van der Waals surface area contributed by atoms with Crippen LogP contribution in [0.4, 0.5) is 0 Å². The molecule has 0 fully saturated rings. The van der Waals surface area contributed by atoms with Gasteiger partial charge in [0.1, 0.15) is 5.75 Å². The van der Waals surface area contributed by atoms with Crippen molar-refractivity contribution in [2.45, 2.75) is 32.1 Å². The fourth-order valence-corrected chi connectivity index (χ4v) is 5.36. The number of rotatable bonds is 12. The van der Waals surface area contributed by atoms with Crippen LogP contribution in [0.1, 0.15) is 43.2 Å². The summed E-state index contributed by atoms with van der Waals surface area (Å²) in [7, 11) is -0.285. The molecule has 0 aliphatic rings. The van der Waals surface area contributed by atoms with Gasteiger partial charge in [0.25, 0.3) is 0 Å². The Morgan fingerprint density at radius 1 is 1.03 bits per heavy atom. The second kappa shape index (κ2) is 11.2. The van der Waals surface area contributed by atoms with Crippen molar-refractivity contribution < 1.29 is 22.7 Å². The molecule has 0 aliphatic heterocycles. The molecule has 7 nitrogen and oxygen atoms in total. The molecule has 1 atom stereocenters. The summed E-state index contributed by atoms with van der Waals surface area (Å²) in [4.78, 5) is 15.9. The van der Waals surface area contributed by atoms with Crippen molar-refractivity contribution in [3.05, 3.63) is 59.8 Å². The van der Waals surface area contributed by atoms with E-state index >= 15 is 0 Å². The van der Waals surface area contributed by atoms with Crippen LogP contribution in [0.5, 0.6) is 11.5 Å². The van der Waals surface area contributed by atoms with E-state index in [0.717, 1.165) is 34.9 Å². The van der Waals surface area contributed by atoms with E-state index in [1.54, 1.807) is 14.2 Å². The van der Waals surface area contributed by atoms with Gasteiger partial charge in [0.15, 0.2) is 21.3 Å². The maximum absolute atomic E-state index is 12.6. The Bertz CT molecular complexity index is 1190. The number of hydrogen-bond acceptors (Lipinski definition) is 5. The summed E-state index contributed by atoms with van der Waals surface area (Å²) in [6, 6.07) is 13.5. The van der Waals surface area contributed by atoms with Gasteiger partial charge < -0.3 is 19.8 Å². The van der Waals surface area contributed by atoms with E-state index in [2.05, 4.69) is 10.3 Å². The van der Waals surface area contributed by atoms with Crippen LogP contribution < -0.4 is 14.8 Å². The van der Waals surface area contributed by atoms with Crippen LogP contribution in [-0.4, -0.2) is 51.6 Å². The number of ether oxygens (including phenoxy) is 2. The van der Waals surface area contributed by atoms with E-state index < -0.39 is 21.5 Å². The van der Waals surface area contributed by atoms with Crippen LogP contribution in [0.15, 0.2) is 48.7 Å². The van der Waals surface area contributed by atoms with Crippen molar-refractivity contribution in [2.24, 2.45) is 0 Å². The quantitative estimate of drug-likeness (QED) is 0.388. The molecule has 0 spiro atoms. The van der Waals surface area contributed by atoms with Crippen LogP contribution in [0, 0.1) is 0 Å². The Morgan fingerprint density at radius 3 is 2.55 bits per heavy atom. The molecular weight excluding hydrogens is 440 g/mol. The van der Waals surface area contributed by atoms with E-state index in [1.807, 2.05) is 55.6 Å². The first-order valence-electron chi connectivity index (χ1n) is 11.1. The molecule has 2 N–H and O–H groups in total. The lowest BCUT2D eigenvalue weighted by Crippen LogP contribution is -2.34. The lowest BCUT2D eigenvalue weighted by molar-refractivity contribution is -0.118. The van der Waals surface area contributed by atoms with E-state index in [0.29, 0.717) is 17.9 Å². The smallest absolute Gasteiger partial charge is 0.235 e. The molecule has 0 saturated heterocycles. The lowest BCUT2D eigenvalue weighted by Gasteiger charge is -2.22. The van der Waals surface area contributed by atoms with Gasteiger partial charge in [-0.1, -0.05) is 50.1 Å². The SMILES string of the molecule is CCCCCS(=O)(=O)CC(=O)NCC(c1cccc(OC)c1OC)c1c[nH]c2ccccc12. The van der Waals surface area contributed by atoms with Gasteiger partial charge in [0.2, 0.25) is 5.91 Å². The number of carbonyl (C=O) groups excluding carboxylic acids is 1. The minimum Gasteiger partial charge on any atom is -0.493 e. The monoisotopic (exact) mass is 472 g/mol. The summed E-state index contributed by atoms with van der Waals surface area (Å²) in [5.41, 5.74) is 2.79. The first-order chi connectivity index (χ1) is 15.9. The fourth-order valence-electron chi connectivity index (χ4n) is 4.07. The van der Waals surface area contributed by atoms with Crippen LogP contribution in [0.25, 0.3) is 10.9 Å². The van der Waals surface area contributed by atoms with Crippen LogP contribution >= 0.6 is 0 Å². The molecule has 1 heterocycles. The third kappa shape index (κ3) is 6.07. The van der Waals surface area contributed by atoms with Gasteiger partial charge in [-0.3, -0.25) is 4.79 Å². The average Bonchev–Trinajstić information content (AvgIpc) is 3.22. The van der Waals surface area contributed by atoms with Crippen LogP contribution in [0.2, 0.25) is 0 Å². The summed E-state index contributed by atoms with van der Waals surface area (Å²) < 4.78 is 35.8. The number of amides is 1. The molecule has 0 saturated carbocycles. The Labute approximate surface area is 195 Å². The molecule has 33 heavy (non-hydrogen) atoms. The predicted molar refractivity (Wildman–Crippen MR) is 131 cm³/mol. The highest BCUT2D eigenvalue weighted by atomic mass is 32.2. The van der Waals surface area contributed by atoms with Crippen LogP contribution in [0.3, 0.4) is 0 Å². The number of para-hydroxylation sites is 2. The van der Waals surface area contributed by atoms with Gasteiger partial charge in [0, 0.05) is 35.1 Å². The highest BCUT2D eigenvalue weighted by Gasteiger charge is 2.25. The van der Waals surface area contributed by atoms with Gasteiger partial charge in [-0.25, -0.2) is 8.42 Å². The van der Waals surface area contributed by atoms with Crippen molar-refractivity contribution in [3.63, 3.8) is 0 Å². The number of aromatic amines is 1. The van der Waals surface area contributed by atoms with Crippen molar-refractivity contribution >= 4 is 26.6 Å². The first kappa shape index (κ1) is 24.6. The molecule has 0 radical (unpaired) electrons. The molecule has 0 aliphatic carbocycles. The van der Waals surface area contributed by atoms with Crippen molar-refractivity contribution in [3.8, 4) is 11.5 Å². The summed E-state index contributed by atoms with van der Waals surface area (Å²) in [6.07, 6.45) is 4.25. The molecule has 1 amide bonds. The van der Waals surface area contributed by atoms with Crippen molar-refractivity contribution in [1.82, 2.24) is 10.3 Å². The maximum Gasteiger partial charge on any atom is 0.235 e. The number of carbonyl (C=O) groups is 1. The zero-order valence-corrected chi connectivity index (χ0v) is 20.2. The largest absolute Gasteiger partial charge is 0.493 e. The molecule has 8 heteroatoms. The molecule has 3 aromatic rings. The normalized spacial score (nSPS) is 12.5. The van der Waals surface area contributed by atoms with Gasteiger partial charge in [-0.05, 0) is 24.1 Å². The topological polar surface area (TPSA) is 97.5 Å². The second-order valence-corrected chi connectivity index (χ2v) is 10.2. The minimum atomic E-state index is -3.44. The molecular formula is C25H32N2O5S. The van der Waals surface area contributed by atoms with Gasteiger partial charge in [-0.2, -0.15) is 0 Å².